The maximum atomic E-state index is 13.1. The van der Waals surface area contributed by atoms with E-state index in [1.165, 1.54) is 12.1 Å². The van der Waals surface area contributed by atoms with Crippen LogP contribution in [0.25, 0.3) is 0 Å². The Labute approximate surface area is 126 Å². The van der Waals surface area contributed by atoms with Gasteiger partial charge in [-0.1, -0.05) is 31.9 Å². The van der Waals surface area contributed by atoms with Crippen LogP contribution in [0.1, 0.15) is 44.6 Å². The molecule has 0 saturated heterocycles. The van der Waals surface area contributed by atoms with Crippen LogP contribution in [0.5, 0.6) is 0 Å². The minimum atomic E-state index is -0.369. The average Bonchev–Trinajstić information content (AvgIpc) is 2.42. The van der Waals surface area contributed by atoms with Crippen LogP contribution in [0.4, 0.5) is 4.39 Å². The Morgan fingerprint density at radius 3 is 2.70 bits per heavy atom. The zero-order chi connectivity index (χ0) is 14.3. The molecular weight excluding hydrogens is 279 g/mol. The Morgan fingerprint density at radius 2 is 2.15 bits per heavy atom. The largest absolute Gasteiger partial charge is 0.352 e. The Hall–Kier alpha value is -1.13. The highest BCUT2D eigenvalue weighted by molar-refractivity contribution is 5.85. The standard InChI is InChI=1S/C15H23FN2O.ClH/c1-3-4-8-14(10-17)18-15(19)11(2)12-6-5-7-13(16)9-12;/h5-7,9,11,14H,3-4,8,10,17H2,1-2H3,(H,18,19);1H. The van der Waals surface area contributed by atoms with Gasteiger partial charge in [0, 0.05) is 12.6 Å². The first-order valence-corrected chi connectivity index (χ1v) is 6.84. The van der Waals surface area contributed by atoms with Gasteiger partial charge in [-0.15, -0.1) is 12.4 Å². The maximum absolute atomic E-state index is 13.1. The molecule has 1 amide bonds. The van der Waals surface area contributed by atoms with Gasteiger partial charge in [0.15, 0.2) is 0 Å². The summed E-state index contributed by atoms with van der Waals surface area (Å²) in [6, 6.07) is 6.15. The van der Waals surface area contributed by atoms with Gasteiger partial charge in [-0.25, -0.2) is 4.39 Å². The van der Waals surface area contributed by atoms with Gasteiger partial charge in [0.25, 0.3) is 0 Å². The van der Waals surface area contributed by atoms with E-state index in [4.69, 9.17) is 5.73 Å². The number of nitrogens with one attached hydrogen (secondary N) is 1. The third-order valence-electron chi connectivity index (χ3n) is 3.28. The lowest BCUT2D eigenvalue weighted by Gasteiger charge is -2.19. The number of carbonyl (C=O) groups is 1. The minimum Gasteiger partial charge on any atom is -0.352 e. The second-order valence-corrected chi connectivity index (χ2v) is 4.86. The first kappa shape index (κ1) is 18.9. The monoisotopic (exact) mass is 302 g/mol. The third-order valence-corrected chi connectivity index (χ3v) is 3.28. The highest BCUT2D eigenvalue weighted by atomic mass is 35.5. The molecule has 0 aliphatic rings. The van der Waals surface area contributed by atoms with Crippen LogP contribution in [0.15, 0.2) is 24.3 Å². The van der Waals surface area contributed by atoms with Crippen LogP contribution in [-0.2, 0) is 4.79 Å². The van der Waals surface area contributed by atoms with Crippen molar-refractivity contribution in [1.29, 1.82) is 0 Å². The second-order valence-electron chi connectivity index (χ2n) is 4.86. The molecule has 1 rings (SSSR count). The third kappa shape index (κ3) is 5.88. The molecule has 3 nitrogen and oxygen atoms in total. The number of amides is 1. The van der Waals surface area contributed by atoms with Gasteiger partial charge in [-0.2, -0.15) is 0 Å². The molecule has 0 radical (unpaired) electrons. The molecule has 3 N–H and O–H groups in total. The van der Waals surface area contributed by atoms with Crippen molar-refractivity contribution in [3.05, 3.63) is 35.6 Å². The fourth-order valence-electron chi connectivity index (χ4n) is 1.95. The number of benzene rings is 1. The van der Waals surface area contributed by atoms with Crippen LogP contribution in [0.3, 0.4) is 0 Å². The normalized spacial score (nSPS) is 13.2. The predicted octanol–water partition coefficient (Wildman–Crippen LogP) is 2.98. The molecule has 2 unspecified atom stereocenters. The molecular formula is C15H24ClFN2O. The van der Waals surface area contributed by atoms with Gasteiger partial charge in [0.1, 0.15) is 5.82 Å². The van der Waals surface area contributed by atoms with Crippen molar-refractivity contribution >= 4 is 18.3 Å². The summed E-state index contributed by atoms with van der Waals surface area (Å²) in [4.78, 5) is 12.1. The number of halogens is 2. The van der Waals surface area contributed by atoms with E-state index in [-0.39, 0.29) is 36.1 Å². The molecule has 0 spiro atoms. The summed E-state index contributed by atoms with van der Waals surface area (Å²) < 4.78 is 13.1. The van der Waals surface area contributed by atoms with Gasteiger partial charge >= 0.3 is 0 Å². The van der Waals surface area contributed by atoms with E-state index in [1.54, 1.807) is 19.1 Å². The van der Waals surface area contributed by atoms with Gasteiger partial charge < -0.3 is 11.1 Å². The minimum absolute atomic E-state index is 0. The van der Waals surface area contributed by atoms with E-state index >= 15 is 0 Å². The average molecular weight is 303 g/mol. The lowest BCUT2D eigenvalue weighted by molar-refractivity contribution is -0.122. The Morgan fingerprint density at radius 1 is 1.45 bits per heavy atom. The van der Waals surface area contributed by atoms with Crippen LogP contribution in [0.2, 0.25) is 0 Å². The van der Waals surface area contributed by atoms with Gasteiger partial charge in [0.2, 0.25) is 5.91 Å². The smallest absolute Gasteiger partial charge is 0.227 e. The summed E-state index contributed by atoms with van der Waals surface area (Å²) in [5.41, 5.74) is 6.33. The summed E-state index contributed by atoms with van der Waals surface area (Å²) in [5, 5.41) is 2.93. The highest BCUT2D eigenvalue weighted by Gasteiger charge is 2.18. The van der Waals surface area contributed by atoms with Crippen LogP contribution >= 0.6 is 12.4 Å². The van der Waals surface area contributed by atoms with Crippen molar-refractivity contribution in [2.75, 3.05) is 6.54 Å². The molecule has 0 aliphatic heterocycles. The molecule has 0 aromatic heterocycles. The zero-order valence-electron chi connectivity index (χ0n) is 12.1. The SMILES string of the molecule is CCCCC(CN)NC(=O)C(C)c1cccc(F)c1.Cl. The number of rotatable bonds is 7. The predicted molar refractivity (Wildman–Crippen MR) is 82.6 cm³/mol. The lowest BCUT2D eigenvalue weighted by Crippen LogP contribution is -2.42. The first-order chi connectivity index (χ1) is 9.08. The number of unbranched alkanes of at least 4 members (excludes halogenated alkanes) is 1. The van der Waals surface area contributed by atoms with Crippen LogP contribution in [0, 0.1) is 5.82 Å². The molecule has 0 fully saturated rings. The first-order valence-electron chi connectivity index (χ1n) is 6.84. The van der Waals surface area contributed by atoms with Crippen molar-refractivity contribution in [2.45, 2.75) is 45.1 Å². The molecule has 20 heavy (non-hydrogen) atoms. The van der Waals surface area contributed by atoms with E-state index in [0.29, 0.717) is 12.1 Å². The van der Waals surface area contributed by atoms with Gasteiger partial charge in [0.05, 0.1) is 5.92 Å². The molecule has 0 bridgehead atoms. The lowest BCUT2D eigenvalue weighted by atomic mass is 9.99. The molecule has 2 atom stereocenters. The number of carbonyl (C=O) groups excluding carboxylic acids is 1. The Bertz CT molecular complexity index is 415. The quantitative estimate of drug-likeness (QED) is 0.813. The van der Waals surface area contributed by atoms with E-state index in [2.05, 4.69) is 12.2 Å². The van der Waals surface area contributed by atoms with E-state index in [0.717, 1.165) is 19.3 Å². The Kier molecular flexibility index (Phi) is 9.17. The van der Waals surface area contributed by atoms with Crippen molar-refractivity contribution in [2.24, 2.45) is 5.73 Å². The molecule has 114 valence electrons. The summed E-state index contributed by atoms with van der Waals surface area (Å²) in [6.45, 7) is 4.31. The highest BCUT2D eigenvalue weighted by Crippen LogP contribution is 2.16. The molecule has 5 heteroatoms. The summed E-state index contributed by atoms with van der Waals surface area (Å²) >= 11 is 0. The molecule has 1 aromatic carbocycles. The maximum Gasteiger partial charge on any atom is 0.227 e. The van der Waals surface area contributed by atoms with Crippen molar-refractivity contribution in [3.63, 3.8) is 0 Å². The zero-order valence-corrected chi connectivity index (χ0v) is 12.9. The number of hydrogen-bond acceptors (Lipinski definition) is 2. The van der Waals surface area contributed by atoms with Crippen molar-refractivity contribution < 1.29 is 9.18 Å². The summed E-state index contributed by atoms with van der Waals surface area (Å²) in [7, 11) is 0. The van der Waals surface area contributed by atoms with Gasteiger partial charge in [-0.3, -0.25) is 4.79 Å². The molecule has 0 aliphatic carbocycles. The fraction of sp³-hybridized carbons (Fsp3) is 0.533. The molecule has 0 heterocycles. The summed E-state index contributed by atoms with van der Waals surface area (Å²) in [6.07, 6.45) is 3.00. The van der Waals surface area contributed by atoms with E-state index in [1.807, 2.05) is 0 Å². The van der Waals surface area contributed by atoms with Crippen molar-refractivity contribution in [3.8, 4) is 0 Å². The second kappa shape index (κ2) is 9.72. The van der Waals surface area contributed by atoms with E-state index in [9.17, 15) is 9.18 Å². The van der Waals surface area contributed by atoms with Crippen LogP contribution in [-0.4, -0.2) is 18.5 Å². The molecule has 0 saturated carbocycles. The molecule has 1 aromatic rings. The van der Waals surface area contributed by atoms with Crippen LogP contribution < -0.4 is 11.1 Å². The topological polar surface area (TPSA) is 55.1 Å². The number of hydrogen-bond donors (Lipinski definition) is 2. The number of nitrogens with two attached hydrogens (primary N) is 1. The van der Waals surface area contributed by atoms with Gasteiger partial charge in [-0.05, 0) is 31.0 Å². The van der Waals surface area contributed by atoms with Crippen molar-refractivity contribution in [1.82, 2.24) is 5.32 Å². The van der Waals surface area contributed by atoms with E-state index < -0.39 is 0 Å². The summed E-state index contributed by atoms with van der Waals surface area (Å²) in [5.74, 6) is -0.790. The Balaban J connectivity index is 0.00000361. The fourth-order valence-corrected chi connectivity index (χ4v) is 1.95.